The minimum Gasteiger partial charge on any atom is -0.458 e. The van der Waals surface area contributed by atoms with Crippen LogP contribution in [0, 0.1) is 23.7 Å². The molecule has 5 nitrogen and oxygen atoms in total. The van der Waals surface area contributed by atoms with Gasteiger partial charge in [0.1, 0.15) is 18.5 Å². The van der Waals surface area contributed by atoms with Crippen molar-refractivity contribution >= 4 is 18.2 Å². The monoisotopic (exact) mass is 250 g/mol. The van der Waals surface area contributed by atoms with Gasteiger partial charge in [0.05, 0.1) is 5.92 Å². The Balaban J connectivity index is 1.86. The van der Waals surface area contributed by atoms with Gasteiger partial charge in [-0.05, 0) is 13.3 Å². The summed E-state index contributed by atoms with van der Waals surface area (Å²) in [5.41, 5.74) is 0.307. The summed E-state index contributed by atoms with van der Waals surface area (Å²) in [4.78, 5) is 34.4. The normalized spacial score (nSPS) is 43.7. The van der Waals surface area contributed by atoms with Crippen molar-refractivity contribution in [1.29, 1.82) is 0 Å². The maximum absolute atomic E-state index is 11.7. The molecule has 0 aromatic rings. The first-order chi connectivity index (χ1) is 8.54. The fourth-order valence-electron chi connectivity index (χ4n) is 3.61. The largest absolute Gasteiger partial charge is 0.458 e. The van der Waals surface area contributed by atoms with Crippen LogP contribution in [0.5, 0.6) is 0 Å². The minimum atomic E-state index is -0.489. The molecule has 0 amide bonds. The second kappa shape index (κ2) is 3.67. The molecule has 1 aliphatic heterocycles. The molecule has 0 aromatic heterocycles. The molecule has 3 aliphatic rings. The molecule has 5 heteroatoms. The van der Waals surface area contributed by atoms with Gasteiger partial charge in [-0.2, -0.15) is 0 Å². The van der Waals surface area contributed by atoms with Crippen LogP contribution in [-0.4, -0.2) is 30.4 Å². The van der Waals surface area contributed by atoms with Gasteiger partial charge in [0.15, 0.2) is 0 Å². The van der Waals surface area contributed by atoms with Gasteiger partial charge >= 0.3 is 11.9 Å². The van der Waals surface area contributed by atoms with Crippen LogP contribution < -0.4 is 0 Å². The van der Waals surface area contributed by atoms with Crippen LogP contribution in [0.3, 0.4) is 0 Å². The Hall–Kier alpha value is -1.65. The topological polar surface area (TPSA) is 69.7 Å². The third-order valence-electron chi connectivity index (χ3n) is 4.36. The Kier molecular flexibility index (Phi) is 2.33. The summed E-state index contributed by atoms with van der Waals surface area (Å²) < 4.78 is 10.6. The number of esters is 2. The molecule has 0 aromatic carbocycles. The molecule has 0 N–H and O–H groups in total. The number of hydrogen-bond acceptors (Lipinski definition) is 5. The van der Waals surface area contributed by atoms with Crippen LogP contribution in [0.25, 0.3) is 0 Å². The van der Waals surface area contributed by atoms with E-state index in [0.717, 1.165) is 12.7 Å². The van der Waals surface area contributed by atoms with E-state index in [9.17, 15) is 14.4 Å². The van der Waals surface area contributed by atoms with Crippen molar-refractivity contribution in [2.75, 3.05) is 0 Å². The van der Waals surface area contributed by atoms with E-state index in [0.29, 0.717) is 5.57 Å². The molecule has 0 radical (unpaired) electrons. The van der Waals surface area contributed by atoms with Crippen LogP contribution in [0.15, 0.2) is 12.2 Å². The second-order valence-corrected chi connectivity index (χ2v) is 5.35. The predicted octanol–water partition coefficient (Wildman–Crippen LogP) is 0.481. The lowest BCUT2D eigenvalue weighted by Crippen LogP contribution is -2.41. The molecular weight excluding hydrogens is 236 g/mol. The zero-order valence-corrected chi connectivity index (χ0v) is 10.00. The highest BCUT2D eigenvalue weighted by atomic mass is 16.6. The van der Waals surface area contributed by atoms with Gasteiger partial charge in [0.25, 0.3) is 0 Å². The Morgan fingerprint density at radius 2 is 2.22 bits per heavy atom. The molecule has 96 valence electrons. The lowest BCUT2D eigenvalue weighted by Gasteiger charge is -2.28. The van der Waals surface area contributed by atoms with Crippen LogP contribution in [0.2, 0.25) is 0 Å². The summed E-state index contributed by atoms with van der Waals surface area (Å²) in [6.45, 7) is 5.09. The van der Waals surface area contributed by atoms with Gasteiger partial charge in [0, 0.05) is 23.3 Å². The van der Waals surface area contributed by atoms with Crippen molar-refractivity contribution < 1.29 is 23.9 Å². The second-order valence-electron chi connectivity index (χ2n) is 5.35. The summed E-state index contributed by atoms with van der Waals surface area (Å²) in [5, 5.41) is 0. The lowest BCUT2D eigenvalue weighted by molar-refractivity contribution is -0.158. The summed E-state index contributed by atoms with van der Waals surface area (Å²) in [6.07, 6.45) is 0.669. The van der Waals surface area contributed by atoms with Crippen LogP contribution >= 0.6 is 0 Å². The predicted molar refractivity (Wildman–Crippen MR) is 59.2 cm³/mol. The standard InChI is InChI=1S/C13H14O5/c1-5(2)12(15)17-10-6-3-7-9(8(6)4-14)13(16)18-11(7)10/h4,6-11H,1,3H2,2H3. The SMILES string of the molecule is C=C(C)C(=O)OC1C2CC3C1OC(=O)C3C2C=O. The van der Waals surface area contributed by atoms with Gasteiger partial charge < -0.3 is 14.3 Å². The molecule has 2 aliphatic carbocycles. The van der Waals surface area contributed by atoms with E-state index in [1.54, 1.807) is 6.92 Å². The zero-order valence-electron chi connectivity index (χ0n) is 10.00. The minimum absolute atomic E-state index is 0.0284. The third kappa shape index (κ3) is 1.30. The van der Waals surface area contributed by atoms with Gasteiger partial charge in [-0.15, -0.1) is 0 Å². The van der Waals surface area contributed by atoms with Crippen molar-refractivity contribution in [3.63, 3.8) is 0 Å². The Morgan fingerprint density at radius 1 is 1.50 bits per heavy atom. The first-order valence-electron chi connectivity index (χ1n) is 6.07. The van der Waals surface area contributed by atoms with E-state index in [1.165, 1.54) is 0 Å². The van der Waals surface area contributed by atoms with Gasteiger partial charge in [0.2, 0.25) is 0 Å². The number of rotatable bonds is 3. The smallest absolute Gasteiger partial charge is 0.333 e. The number of fused-ring (bicyclic) bond motifs is 1. The zero-order chi connectivity index (χ0) is 13.0. The molecule has 2 saturated carbocycles. The highest BCUT2D eigenvalue weighted by Crippen LogP contribution is 2.58. The molecule has 0 spiro atoms. The van der Waals surface area contributed by atoms with Crippen LogP contribution in [0.4, 0.5) is 0 Å². The quantitative estimate of drug-likeness (QED) is 0.414. The molecule has 6 atom stereocenters. The summed E-state index contributed by atoms with van der Waals surface area (Å²) in [7, 11) is 0. The maximum Gasteiger partial charge on any atom is 0.333 e. The van der Waals surface area contributed by atoms with E-state index in [2.05, 4.69) is 6.58 Å². The van der Waals surface area contributed by atoms with Gasteiger partial charge in [-0.1, -0.05) is 6.58 Å². The van der Waals surface area contributed by atoms with Crippen molar-refractivity contribution in [3.8, 4) is 0 Å². The first-order valence-corrected chi connectivity index (χ1v) is 6.07. The number of ether oxygens (including phenoxy) is 2. The number of carbonyl (C=O) groups is 3. The summed E-state index contributed by atoms with van der Waals surface area (Å²) in [6, 6.07) is 0. The number of aldehydes is 1. The average molecular weight is 250 g/mol. The molecule has 1 saturated heterocycles. The Bertz CT molecular complexity index is 454. The summed E-state index contributed by atoms with van der Waals surface area (Å²) >= 11 is 0. The van der Waals surface area contributed by atoms with Gasteiger partial charge in [-0.3, -0.25) is 4.79 Å². The molecule has 1 heterocycles. The molecule has 3 fully saturated rings. The highest BCUT2D eigenvalue weighted by Gasteiger charge is 2.67. The molecular formula is C13H14O5. The van der Waals surface area contributed by atoms with E-state index in [-0.39, 0.29) is 35.7 Å². The lowest BCUT2D eigenvalue weighted by atomic mass is 9.79. The third-order valence-corrected chi connectivity index (χ3v) is 4.36. The van der Waals surface area contributed by atoms with E-state index < -0.39 is 12.1 Å². The van der Waals surface area contributed by atoms with Crippen LogP contribution in [-0.2, 0) is 23.9 Å². The Morgan fingerprint density at radius 3 is 2.83 bits per heavy atom. The van der Waals surface area contributed by atoms with Crippen molar-refractivity contribution in [2.24, 2.45) is 23.7 Å². The first kappa shape index (κ1) is 11.4. The number of hydrogen-bond donors (Lipinski definition) is 0. The van der Waals surface area contributed by atoms with E-state index in [1.807, 2.05) is 0 Å². The fraction of sp³-hybridized carbons (Fsp3) is 0.615. The van der Waals surface area contributed by atoms with E-state index >= 15 is 0 Å². The molecule has 6 unspecified atom stereocenters. The van der Waals surface area contributed by atoms with E-state index in [4.69, 9.17) is 9.47 Å². The molecule has 3 rings (SSSR count). The van der Waals surface area contributed by atoms with Gasteiger partial charge in [-0.25, -0.2) is 4.79 Å². The van der Waals surface area contributed by atoms with Crippen molar-refractivity contribution in [1.82, 2.24) is 0 Å². The average Bonchev–Trinajstić information content (AvgIpc) is 2.91. The molecule has 2 bridgehead atoms. The fourth-order valence-corrected chi connectivity index (χ4v) is 3.61. The number of carbonyl (C=O) groups excluding carboxylic acids is 3. The highest BCUT2D eigenvalue weighted by molar-refractivity contribution is 5.87. The maximum atomic E-state index is 11.7. The summed E-state index contributed by atoms with van der Waals surface area (Å²) in [5.74, 6) is -1.56. The molecule has 18 heavy (non-hydrogen) atoms. The van der Waals surface area contributed by atoms with Crippen molar-refractivity contribution in [2.45, 2.75) is 25.6 Å². The van der Waals surface area contributed by atoms with Crippen LogP contribution in [0.1, 0.15) is 13.3 Å². The van der Waals surface area contributed by atoms with Crippen molar-refractivity contribution in [3.05, 3.63) is 12.2 Å². The Labute approximate surface area is 104 Å².